The van der Waals surface area contributed by atoms with Gasteiger partial charge in [0.05, 0.1) is 17.4 Å². The molecule has 166 valence electrons. The Morgan fingerprint density at radius 2 is 1.94 bits per heavy atom. The third-order valence-electron chi connectivity index (χ3n) is 5.51. The molecule has 3 heterocycles. The number of Topliss-reactive ketones (excluding diaryl/α,β-unsaturated/α-hetero) is 1. The number of aromatic amines is 2. The topological polar surface area (TPSA) is 99.3 Å². The third kappa shape index (κ3) is 4.27. The molecule has 0 aliphatic rings. The smallest absolute Gasteiger partial charge is 0.183 e. The molecule has 0 bridgehead atoms. The molecule has 0 fully saturated rings. The minimum Gasteiger partial charge on any atom is -0.352 e. The van der Waals surface area contributed by atoms with Crippen molar-refractivity contribution in [3.05, 3.63) is 104 Å². The van der Waals surface area contributed by atoms with Crippen LogP contribution in [-0.2, 0) is 0 Å². The van der Waals surface area contributed by atoms with Gasteiger partial charge in [0.15, 0.2) is 11.6 Å². The van der Waals surface area contributed by atoms with E-state index in [-0.39, 0.29) is 12.2 Å². The van der Waals surface area contributed by atoms with E-state index in [1.54, 1.807) is 30.6 Å². The number of anilines is 2. The highest BCUT2D eigenvalue weighted by molar-refractivity contribution is 6.01. The molecule has 5 aromatic rings. The minimum absolute atomic E-state index is 0.0113. The third-order valence-corrected chi connectivity index (χ3v) is 5.51. The molecule has 0 saturated carbocycles. The van der Waals surface area contributed by atoms with Gasteiger partial charge in [0.1, 0.15) is 5.82 Å². The van der Waals surface area contributed by atoms with Crippen LogP contribution < -0.4 is 5.32 Å². The maximum absolute atomic E-state index is 12.7. The molecule has 3 N–H and O–H groups in total. The highest BCUT2D eigenvalue weighted by Crippen LogP contribution is 2.25. The molecule has 0 unspecified atom stereocenters. The Labute approximate surface area is 196 Å². The van der Waals surface area contributed by atoms with E-state index in [1.807, 2.05) is 48.5 Å². The van der Waals surface area contributed by atoms with Gasteiger partial charge in [-0.05, 0) is 42.0 Å². The predicted octanol–water partition coefficient (Wildman–Crippen LogP) is 6.12. The van der Waals surface area contributed by atoms with Crippen LogP contribution in [-0.4, -0.2) is 30.9 Å². The number of nitrogens with one attached hydrogen (secondary N) is 3. The maximum Gasteiger partial charge on any atom is 0.183 e. The van der Waals surface area contributed by atoms with Gasteiger partial charge in [-0.2, -0.15) is 5.10 Å². The number of ketones is 1. The van der Waals surface area contributed by atoms with Gasteiger partial charge in [0, 0.05) is 40.2 Å². The number of fused-ring (bicyclic) bond motifs is 2. The summed E-state index contributed by atoms with van der Waals surface area (Å²) in [5.74, 6) is 1.26. The number of rotatable bonds is 8. The fourth-order valence-corrected chi connectivity index (χ4v) is 3.78. The first kappa shape index (κ1) is 21.1. The number of carbonyl (C=O) groups is 1. The quantitative estimate of drug-likeness (QED) is 0.197. The van der Waals surface area contributed by atoms with Crippen molar-refractivity contribution in [1.82, 2.24) is 25.1 Å². The van der Waals surface area contributed by atoms with E-state index in [0.29, 0.717) is 17.3 Å². The van der Waals surface area contributed by atoms with E-state index >= 15 is 0 Å². The van der Waals surface area contributed by atoms with Gasteiger partial charge in [-0.1, -0.05) is 43.5 Å². The van der Waals surface area contributed by atoms with Crippen molar-refractivity contribution in [3.63, 3.8) is 0 Å². The van der Waals surface area contributed by atoms with E-state index in [1.165, 1.54) is 0 Å². The van der Waals surface area contributed by atoms with Crippen LogP contribution in [0.15, 0.2) is 97.9 Å². The Morgan fingerprint density at radius 1 is 1.03 bits per heavy atom. The summed E-state index contributed by atoms with van der Waals surface area (Å²) in [4.78, 5) is 25.0. The maximum atomic E-state index is 12.7. The first-order valence-corrected chi connectivity index (χ1v) is 10.8. The number of H-pyrrole nitrogens is 2. The molecule has 2 aromatic carbocycles. The number of hydrogen-bond donors (Lipinski definition) is 3. The van der Waals surface area contributed by atoms with Crippen molar-refractivity contribution < 1.29 is 4.79 Å². The molecule has 0 spiro atoms. The van der Waals surface area contributed by atoms with Crippen molar-refractivity contribution in [3.8, 4) is 11.4 Å². The zero-order chi connectivity index (χ0) is 23.5. The number of carbonyl (C=O) groups excluding carboxylic acids is 1. The Hall–Kier alpha value is -4.78. The minimum atomic E-state index is -0.0113. The molecular weight excluding hydrogens is 424 g/mol. The monoisotopic (exact) mass is 446 g/mol. The van der Waals surface area contributed by atoms with E-state index in [0.717, 1.165) is 38.6 Å². The summed E-state index contributed by atoms with van der Waals surface area (Å²) < 4.78 is 0. The van der Waals surface area contributed by atoms with Crippen molar-refractivity contribution >= 4 is 39.1 Å². The van der Waals surface area contributed by atoms with Crippen molar-refractivity contribution in [2.75, 3.05) is 5.32 Å². The number of hydrogen-bond acceptors (Lipinski definition) is 5. The lowest BCUT2D eigenvalue weighted by molar-refractivity contribution is 0.0990. The summed E-state index contributed by atoms with van der Waals surface area (Å²) in [6, 6.07) is 15.5. The van der Waals surface area contributed by atoms with Gasteiger partial charge in [0.2, 0.25) is 0 Å². The Morgan fingerprint density at radius 3 is 2.79 bits per heavy atom. The van der Waals surface area contributed by atoms with Gasteiger partial charge in [-0.3, -0.25) is 9.89 Å². The SMILES string of the molecule is C=C/C=C(\C=C)CC(=O)c1cc2ccc(-c3nccc(Nc4ccc5[nH]ncc5c4)n3)cc2[nH]1. The van der Waals surface area contributed by atoms with Crippen LogP contribution in [0.3, 0.4) is 0 Å². The largest absolute Gasteiger partial charge is 0.352 e. The molecule has 5 rings (SSSR count). The molecular formula is C27H22N6O. The fourth-order valence-electron chi connectivity index (χ4n) is 3.78. The van der Waals surface area contributed by atoms with Crippen molar-refractivity contribution in [2.45, 2.75) is 6.42 Å². The molecule has 0 aliphatic heterocycles. The molecule has 0 amide bonds. The zero-order valence-corrected chi connectivity index (χ0v) is 18.4. The second-order valence-electron chi connectivity index (χ2n) is 7.83. The first-order valence-electron chi connectivity index (χ1n) is 10.8. The lowest BCUT2D eigenvalue weighted by atomic mass is 10.1. The Balaban J connectivity index is 1.39. The zero-order valence-electron chi connectivity index (χ0n) is 18.4. The van der Waals surface area contributed by atoms with Crippen LogP contribution in [0.5, 0.6) is 0 Å². The van der Waals surface area contributed by atoms with Crippen molar-refractivity contribution in [2.24, 2.45) is 0 Å². The van der Waals surface area contributed by atoms with E-state index < -0.39 is 0 Å². The number of nitrogens with zero attached hydrogens (tertiary/aromatic N) is 3. The molecule has 7 nitrogen and oxygen atoms in total. The van der Waals surface area contributed by atoms with Crippen LogP contribution >= 0.6 is 0 Å². The highest BCUT2D eigenvalue weighted by atomic mass is 16.1. The summed E-state index contributed by atoms with van der Waals surface area (Å²) in [6.45, 7) is 7.43. The first-order chi connectivity index (χ1) is 16.6. The second-order valence-corrected chi connectivity index (χ2v) is 7.83. The lowest BCUT2D eigenvalue weighted by Gasteiger charge is -2.07. The van der Waals surface area contributed by atoms with Crippen LogP contribution in [0.25, 0.3) is 33.2 Å². The predicted molar refractivity (Wildman–Crippen MR) is 136 cm³/mol. The standard InChI is InChI=1S/C27H22N6O/c1-3-5-17(4-2)12-25(34)24-14-18-6-7-19(15-23(18)31-24)27-28-11-10-26(32-27)30-21-8-9-22-20(13-21)16-29-33-22/h3-11,13-16,31H,1-2,12H2,(H,29,33)(H,28,30,32)/b17-5+. The summed E-state index contributed by atoms with van der Waals surface area (Å²) in [5, 5.41) is 12.3. The molecule has 3 aromatic heterocycles. The number of allylic oxidation sites excluding steroid dienone is 4. The molecule has 34 heavy (non-hydrogen) atoms. The number of aromatic nitrogens is 5. The summed E-state index contributed by atoms with van der Waals surface area (Å²) in [6.07, 6.45) is 8.88. The van der Waals surface area contributed by atoms with Gasteiger partial charge < -0.3 is 10.3 Å². The van der Waals surface area contributed by atoms with E-state index in [9.17, 15) is 4.79 Å². The summed E-state index contributed by atoms with van der Waals surface area (Å²) >= 11 is 0. The molecule has 0 radical (unpaired) electrons. The van der Waals surface area contributed by atoms with Gasteiger partial charge in [-0.25, -0.2) is 9.97 Å². The van der Waals surface area contributed by atoms with Gasteiger partial charge in [-0.15, -0.1) is 0 Å². The van der Waals surface area contributed by atoms with Crippen molar-refractivity contribution in [1.29, 1.82) is 0 Å². The molecule has 0 atom stereocenters. The Bertz CT molecular complexity index is 1570. The molecule has 0 aliphatic carbocycles. The van der Waals surface area contributed by atoms with Gasteiger partial charge in [0.25, 0.3) is 0 Å². The van der Waals surface area contributed by atoms with Crippen LogP contribution in [0.1, 0.15) is 16.9 Å². The van der Waals surface area contributed by atoms with Crippen LogP contribution in [0.2, 0.25) is 0 Å². The fraction of sp³-hybridized carbons (Fsp3) is 0.0370. The molecule has 0 saturated heterocycles. The highest BCUT2D eigenvalue weighted by Gasteiger charge is 2.12. The average Bonchev–Trinajstić information content (AvgIpc) is 3.50. The van der Waals surface area contributed by atoms with Crippen LogP contribution in [0, 0.1) is 0 Å². The lowest BCUT2D eigenvalue weighted by Crippen LogP contribution is -2.00. The van der Waals surface area contributed by atoms with Gasteiger partial charge >= 0.3 is 0 Å². The molecule has 7 heteroatoms. The van der Waals surface area contributed by atoms with E-state index in [4.69, 9.17) is 0 Å². The van der Waals surface area contributed by atoms with E-state index in [2.05, 4.69) is 43.6 Å². The second kappa shape index (κ2) is 8.99. The normalized spacial score (nSPS) is 11.6. The number of benzene rings is 2. The Kier molecular flexibility index (Phi) is 5.58. The summed E-state index contributed by atoms with van der Waals surface area (Å²) in [5.41, 5.74) is 4.95. The average molecular weight is 447 g/mol. The summed E-state index contributed by atoms with van der Waals surface area (Å²) in [7, 11) is 0. The van der Waals surface area contributed by atoms with Crippen LogP contribution in [0.4, 0.5) is 11.5 Å².